The molecule has 2 aromatic carbocycles. The van der Waals surface area contributed by atoms with Crippen molar-refractivity contribution in [3.05, 3.63) is 70.3 Å². The monoisotopic (exact) mass is 493 g/mol. The highest BCUT2D eigenvalue weighted by molar-refractivity contribution is 7.99. The van der Waals surface area contributed by atoms with Gasteiger partial charge in [0.25, 0.3) is 5.56 Å². The zero-order valence-electron chi connectivity index (χ0n) is 19.3. The molecule has 176 valence electrons. The van der Waals surface area contributed by atoms with Crippen molar-refractivity contribution in [1.82, 2.24) is 9.66 Å². The Hall–Kier alpha value is -3.30. The zero-order chi connectivity index (χ0) is 24.2. The molecule has 0 bridgehead atoms. The third-order valence-electron chi connectivity index (χ3n) is 5.47. The van der Waals surface area contributed by atoms with E-state index in [2.05, 4.69) is 36.0 Å². The van der Waals surface area contributed by atoms with Crippen molar-refractivity contribution in [3.63, 3.8) is 0 Å². The van der Waals surface area contributed by atoms with E-state index in [9.17, 15) is 9.59 Å². The Labute approximate surface area is 206 Å². The van der Waals surface area contributed by atoms with Crippen molar-refractivity contribution < 1.29 is 4.79 Å². The van der Waals surface area contributed by atoms with Crippen LogP contribution in [0.4, 0.5) is 11.4 Å². The summed E-state index contributed by atoms with van der Waals surface area (Å²) < 4.78 is 1.03. The van der Waals surface area contributed by atoms with Gasteiger partial charge in [0, 0.05) is 34.9 Å². The van der Waals surface area contributed by atoms with Gasteiger partial charge >= 0.3 is 0 Å². The van der Waals surface area contributed by atoms with Gasteiger partial charge in [-0.05, 0) is 50.6 Å². The molecule has 0 atom stereocenters. The van der Waals surface area contributed by atoms with Crippen molar-refractivity contribution in [2.75, 3.05) is 28.4 Å². The largest absolute Gasteiger partial charge is 0.369 e. The van der Waals surface area contributed by atoms with Gasteiger partial charge in [0.1, 0.15) is 4.83 Å². The zero-order valence-corrected chi connectivity index (χ0v) is 21.0. The van der Waals surface area contributed by atoms with Crippen LogP contribution >= 0.6 is 23.1 Å². The van der Waals surface area contributed by atoms with Crippen LogP contribution in [0.25, 0.3) is 21.3 Å². The van der Waals surface area contributed by atoms with Crippen LogP contribution in [0.2, 0.25) is 0 Å². The number of carbonyl (C=O) groups excluding carboxylic acids is 1. The first-order valence-corrected chi connectivity index (χ1v) is 12.9. The number of benzene rings is 2. The summed E-state index contributed by atoms with van der Waals surface area (Å²) in [7, 11) is 0. The second-order valence-corrected chi connectivity index (χ2v) is 9.83. The second-order valence-electron chi connectivity index (χ2n) is 8.03. The Balaban J connectivity index is 1.46. The minimum absolute atomic E-state index is 0.0842. The van der Waals surface area contributed by atoms with E-state index < -0.39 is 0 Å². The van der Waals surface area contributed by atoms with E-state index in [1.165, 1.54) is 11.3 Å². The van der Waals surface area contributed by atoms with E-state index in [4.69, 9.17) is 5.84 Å². The number of aromatic nitrogens is 2. The normalized spacial score (nSPS) is 11.2. The molecule has 0 unspecified atom stereocenters. The average molecular weight is 494 g/mol. The number of hydrogen-bond donors (Lipinski definition) is 2. The highest BCUT2D eigenvalue weighted by Gasteiger charge is 2.17. The van der Waals surface area contributed by atoms with Crippen molar-refractivity contribution >= 4 is 50.6 Å². The highest BCUT2D eigenvalue weighted by atomic mass is 32.2. The second kappa shape index (κ2) is 10.3. The lowest BCUT2D eigenvalue weighted by molar-refractivity contribution is -0.113. The number of fused-ring (bicyclic) bond motifs is 1. The van der Waals surface area contributed by atoms with E-state index in [-0.39, 0.29) is 17.2 Å². The summed E-state index contributed by atoms with van der Waals surface area (Å²) in [5, 5.41) is 5.61. The number of thioether (sulfide) groups is 1. The molecule has 0 aliphatic heterocycles. The number of rotatable bonds is 8. The van der Waals surface area contributed by atoms with Crippen molar-refractivity contribution in [1.29, 1.82) is 0 Å². The Bertz CT molecular complexity index is 1350. The molecule has 0 aliphatic carbocycles. The van der Waals surface area contributed by atoms with Gasteiger partial charge < -0.3 is 16.1 Å². The summed E-state index contributed by atoms with van der Waals surface area (Å²) >= 11 is 2.53. The van der Waals surface area contributed by atoms with Crippen LogP contribution in [0.15, 0.2) is 69.9 Å². The molecule has 4 rings (SSSR count). The minimum Gasteiger partial charge on any atom is -0.369 e. The molecule has 2 aromatic heterocycles. The Morgan fingerprint density at radius 1 is 1.18 bits per heavy atom. The van der Waals surface area contributed by atoms with Gasteiger partial charge in [-0.15, -0.1) is 11.3 Å². The number of carbonyl (C=O) groups is 1. The molecule has 4 aromatic rings. The van der Waals surface area contributed by atoms with E-state index in [1.54, 1.807) is 0 Å². The molecule has 1 amide bonds. The lowest BCUT2D eigenvalue weighted by Gasteiger charge is -2.27. The topological polar surface area (TPSA) is 93.2 Å². The van der Waals surface area contributed by atoms with Crippen molar-refractivity contribution in [2.45, 2.75) is 32.0 Å². The summed E-state index contributed by atoms with van der Waals surface area (Å²) in [6.45, 7) is 7.33. The number of nitrogens with one attached hydrogen (secondary N) is 1. The first kappa shape index (κ1) is 23.8. The fourth-order valence-corrected chi connectivity index (χ4v) is 5.53. The summed E-state index contributed by atoms with van der Waals surface area (Å²) in [5.74, 6) is 5.95. The maximum Gasteiger partial charge on any atom is 0.282 e. The van der Waals surface area contributed by atoms with E-state index in [0.717, 1.165) is 39.8 Å². The van der Waals surface area contributed by atoms with Crippen LogP contribution in [-0.2, 0) is 4.79 Å². The smallest absolute Gasteiger partial charge is 0.282 e. The molecule has 0 radical (unpaired) electrons. The van der Waals surface area contributed by atoms with Crippen LogP contribution in [0, 0.1) is 0 Å². The quantitative estimate of drug-likeness (QED) is 0.208. The standard InChI is InChI=1S/C25H27N5O2S2/c1-4-29(16(2)3)19-12-10-18(11-13-19)27-21(31)15-34-25-28-23-22(24(32)30(25)26)20(14-33-23)17-8-6-5-7-9-17/h5-14,16H,4,15,26H2,1-3H3,(H,27,31). The Morgan fingerprint density at radius 3 is 2.53 bits per heavy atom. The lowest BCUT2D eigenvalue weighted by Crippen LogP contribution is -2.30. The van der Waals surface area contributed by atoms with Gasteiger partial charge in [-0.1, -0.05) is 42.1 Å². The summed E-state index contributed by atoms with van der Waals surface area (Å²) in [6, 6.07) is 17.9. The number of nitrogens with two attached hydrogens (primary N) is 1. The summed E-state index contributed by atoms with van der Waals surface area (Å²) in [4.78, 5) is 32.9. The van der Waals surface area contributed by atoms with Crippen LogP contribution < -0.4 is 21.6 Å². The highest BCUT2D eigenvalue weighted by Crippen LogP contribution is 2.31. The molecule has 9 heteroatoms. The molecule has 0 saturated heterocycles. The van der Waals surface area contributed by atoms with Gasteiger partial charge in [0.15, 0.2) is 5.16 Å². The number of hydrogen-bond acceptors (Lipinski definition) is 7. The fraction of sp³-hybridized carbons (Fsp3) is 0.240. The molecule has 0 spiro atoms. The van der Waals surface area contributed by atoms with Crippen LogP contribution in [0.5, 0.6) is 0 Å². The molecular weight excluding hydrogens is 466 g/mol. The molecular formula is C25H27N5O2S2. The predicted octanol–water partition coefficient (Wildman–Crippen LogP) is 4.80. The molecule has 7 nitrogen and oxygen atoms in total. The summed E-state index contributed by atoms with van der Waals surface area (Å²) in [6.07, 6.45) is 0. The average Bonchev–Trinajstić information content (AvgIpc) is 3.26. The molecule has 2 heterocycles. The number of thiophene rings is 1. The molecule has 0 aliphatic rings. The molecule has 34 heavy (non-hydrogen) atoms. The van der Waals surface area contributed by atoms with E-state index in [0.29, 0.717) is 27.1 Å². The van der Waals surface area contributed by atoms with Gasteiger partial charge in [0.05, 0.1) is 11.1 Å². The first-order valence-electron chi connectivity index (χ1n) is 11.0. The third kappa shape index (κ3) is 4.95. The predicted molar refractivity (Wildman–Crippen MR) is 143 cm³/mol. The number of nitrogen functional groups attached to an aromatic ring is 1. The van der Waals surface area contributed by atoms with E-state index in [1.807, 2.05) is 60.0 Å². The minimum atomic E-state index is -0.325. The first-order chi connectivity index (χ1) is 16.4. The van der Waals surface area contributed by atoms with Gasteiger partial charge in [0.2, 0.25) is 5.91 Å². The van der Waals surface area contributed by atoms with E-state index >= 15 is 0 Å². The summed E-state index contributed by atoms with van der Waals surface area (Å²) in [5.41, 5.74) is 3.26. The van der Waals surface area contributed by atoms with Crippen LogP contribution in [0.1, 0.15) is 20.8 Å². The maximum absolute atomic E-state index is 13.0. The van der Waals surface area contributed by atoms with Crippen molar-refractivity contribution in [3.8, 4) is 11.1 Å². The number of amides is 1. The van der Waals surface area contributed by atoms with Crippen LogP contribution in [0.3, 0.4) is 0 Å². The molecule has 3 N–H and O–H groups in total. The SMILES string of the molecule is CCN(c1ccc(NC(=O)CSc2nc3scc(-c4ccccc4)c3c(=O)n2N)cc1)C(C)C. The fourth-order valence-electron chi connectivity index (χ4n) is 3.83. The number of anilines is 2. The molecule has 0 fully saturated rings. The Morgan fingerprint density at radius 2 is 1.88 bits per heavy atom. The lowest BCUT2D eigenvalue weighted by atomic mass is 10.1. The van der Waals surface area contributed by atoms with Crippen molar-refractivity contribution in [2.24, 2.45) is 0 Å². The van der Waals surface area contributed by atoms with Gasteiger partial charge in [-0.25, -0.2) is 9.66 Å². The third-order valence-corrected chi connectivity index (χ3v) is 7.30. The van der Waals surface area contributed by atoms with Gasteiger partial charge in [-0.3, -0.25) is 9.59 Å². The van der Waals surface area contributed by atoms with Crippen LogP contribution in [-0.4, -0.2) is 33.9 Å². The maximum atomic E-state index is 13.0. The van der Waals surface area contributed by atoms with Gasteiger partial charge in [-0.2, -0.15) is 0 Å². The molecule has 0 saturated carbocycles. The number of nitrogens with zero attached hydrogens (tertiary/aromatic N) is 3. The Kier molecular flexibility index (Phi) is 7.23.